The summed E-state index contributed by atoms with van der Waals surface area (Å²) in [5, 5.41) is 18.4. The average molecular weight is 215 g/mol. The van der Waals surface area contributed by atoms with Crippen molar-refractivity contribution in [3.63, 3.8) is 0 Å². The minimum absolute atomic E-state index is 0.226. The van der Waals surface area contributed by atoms with Gasteiger partial charge in [0.2, 0.25) is 5.91 Å². The minimum atomic E-state index is -1.13. The summed E-state index contributed by atoms with van der Waals surface area (Å²) in [6, 6.07) is 0. The van der Waals surface area contributed by atoms with Gasteiger partial charge < -0.3 is 15.1 Å². The number of aliphatic hydroxyl groups excluding tert-OH is 1. The van der Waals surface area contributed by atoms with Crippen molar-refractivity contribution >= 4 is 11.9 Å². The Labute approximate surface area is 88.7 Å². The van der Waals surface area contributed by atoms with E-state index in [1.165, 1.54) is 11.8 Å². The third-order valence-electron chi connectivity index (χ3n) is 2.95. The number of aliphatic carboxylic acids is 1. The molecule has 0 aromatic carbocycles. The van der Waals surface area contributed by atoms with Crippen LogP contribution in [0.15, 0.2) is 0 Å². The highest BCUT2D eigenvalue weighted by molar-refractivity contribution is 5.96. The second kappa shape index (κ2) is 3.81. The molecule has 5 heteroatoms. The summed E-state index contributed by atoms with van der Waals surface area (Å²) in [6.07, 6.45) is -0.581. The summed E-state index contributed by atoms with van der Waals surface area (Å²) in [7, 11) is 0. The first-order valence-electron chi connectivity index (χ1n) is 4.95. The Morgan fingerprint density at radius 2 is 2.00 bits per heavy atom. The number of hydrogen-bond acceptors (Lipinski definition) is 3. The van der Waals surface area contributed by atoms with Gasteiger partial charge in [-0.1, -0.05) is 13.8 Å². The third kappa shape index (κ3) is 2.28. The van der Waals surface area contributed by atoms with Crippen molar-refractivity contribution in [1.82, 2.24) is 4.90 Å². The summed E-state index contributed by atoms with van der Waals surface area (Å²) in [6.45, 7) is 5.71. The number of carboxylic acid groups (broad SMARTS) is 1. The monoisotopic (exact) mass is 215 g/mol. The average Bonchev–Trinajstić information content (AvgIpc) is 2.39. The molecule has 0 saturated carbocycles. The van der Waals surface area contributed by atoms with Gasteiger partial charge in [0.1, 0.15) is 5.92 Å². The van der Waals surface area contributed by atoms with E-state index in [-0.39, 0.29) is 12.0 Å². The summed E-state index contributed by atoms with van der Waals surface area (Å²) >= 11 is 0. The molecule has 2 unspecified atom stereocenters. The normalized spacial score (nSPS) is 26.4. The predicted octanol–water partition coefficient (Wildman–Crippen LogP) is -0.0636. The molecule has 2 atom stereocenters. The number of amides is 1. The van der Waals surface area contributed by atoms with Crippen LogP contribution in [0.4, 0.5) is 0 Å². The van der Waals surface area contributed by atoms with Crippen LogP contribution in [0.2, 0.25) is 0 Å². The molecule has 1 rings (SSSR count). The standard InChI is InChI=1S/C10H17NO4/c1-6(9(14)15)8(13)11-4-7(12)10(2,3)5-11/h6-7,12H,4-5H2,1-3H3,(H,14,15). The van der Waals surface area contributed by atoms with E-state index in [0.29, 0.717) is 6.54 Å². The second-order valence-corrected chi connectivity index (χ2v) is 4.78. The largest absolute Gasteiger partial charge is 0.481 e. The molecule has 1 amide bonds. The molecule has 1 saturated heterocycles. The first-order valence-corrected chi connectivity index (χ1v) is 4.95. The molecule has 1 fully saturated rings. The smallest absolute Gasteiger partial charge is 0.315 e. The van der Waals surface area contributed by atoms with E-state index in [9.17, 15) is 14.7 Å². The molecule has 0 radical (unpaired) electrons. The van der Waals surface area contributed by atoms with Gasteiger partial charge in [0.05, 0.1) is 6.10 Å². The Morgan fingerprint density at radius 3 is 2.33 bits per heavy atom. The number of hydrogen-bond donors (Lipinski definition) is 2. The Bertz CT molecular complexity index is 287. The highest BCUT2D eigenvalue weighted by Gasteiger charge is 2.42. The fourth-order valence-corrected chi connectivity index (χ4v) is 1.67. The SMILES string of the molecule is CC(C(=O)O)C(=O)N1CC(O)C(C)(C)C1. The van der Waals surface area contributed by atoms with Gasteiger partial charge in [0.25, 0.3) is 0 Å². The van der Waals surface area contributed by atoms with Crippen LogP contribution in [0.5, 0.6) is 0 Å². The molecule has 5 nitrogen and oxygen atoms in total. The lowest BCUT2D eigenvalue weighted by Crippen LogP contribution is -2.37. The van der Waals surface area contributed by atoms with E-state index in [1.807, 2.05) is 13.8 Å². The number of likely N-dealkylation sites (tertiary alicyclic amines) is 1. The molecule has 1 aliphatic heterocycles. The number of nitrogens with zero attached hydrogens (tertiary/aromatic N) is 1. The maximum absolute atomic E-state index is 11.7. The topological polar surface area (TPSA) is 77.8 Å². The van der Waals surface area contributed by atoms with Gasteiger partial charge in [0.15, 0.2) is 0 Å². The van der Waals surface area contributed by atoms with Crippen LogP contribution in [0.25, 0.3) is 0 Å². The summed E-state index contributed by atoms with van der Waals surface area (Å²) in [5.74, 6) is -2.59. The van der Waals surface area contributed by atoms with Gasteiger partial charge in [-0.3, -0.25) is 9.59 Å². The zero-order valence-corrected chi connectivity index (χ0v) is 9.23. The van der Waals surface area contributed by atoms with E-state index >= 15 is 0 Å². The molecule has 86 valence electrons. The third-order valence-corrected chi connectivity index (χ3v) is 2.95. The molecular weight excluding hydrogens is 198 g/mol. The number of carbonyl (C=O) groups is 2. The first kappa shape index (κ1) is 12.0. The fourth-order valence-electron chi connectivity index (χ4n) is 1.67. The van der Waals surface area contributed by atoms with Crippen molar-refractivity contribution in [3.8, 4) is 0 Å². The number of rotatable bonds is 2. The van der Waals surface area contributed by atoms with Crippen LogP contribution in [0.3, 0.4) is 0 Å². The van der Waals surface area contributed by atoms with E-state index in [4.69, 9.17) is 5.11 Å². The molecule has 0 aromatic heterocycles. The van der Waals surface area contributed by atoms with Gasteiger partial charge in [-0.05, 0) is 6.92 Å². The number of aliphatic hydroxyl groups is 1. The quantitative estimate of drug-likeness (QED) is 0.632. The zero-order valence-electron chi connectivity index (χ0n) is 9.23. The highest BCUT2D eigenvalue weighted by Crippen LogP contribution is 2.30. The molecule has 2 N–H and O–H groups in total. The van der Waals surface area contributed by atoms with Gasteiger partial charge in [-0.25, -0.2) is 0 Å². The van der Waals surface area contributed by atoms with Crippen molar-refractivity contribution in [2.45, 2.75) is 26.9 Å². The van der Waals surface area contributed by atoms with Crippen molar-refractivity contribution in [2.75, 3.05) is 13.1 Å². The first-order chi connectivity index (χ1) is 6.75. The van der Waals surface area contributed by atoms with Crippen LogP contribution >= 0.6 is 0 Å². The Kier molecular flexibility index (Phi) is 3.04. The fraction of sp³-hybridized carbons (Fsp3) is 0.800. The molecule has 0 aromatic rings. The number of β-amino-alcohol motifs (C(OH)–C–C–N with tert-alkyl or cyclic N) is 1. The van der Waals surface area contributed by atoms with Gasteiger partial charge in [-0.15, -0.1) is 0 Å². The number of carbonyl (C=O) groups excluding carboxylic acids is 1. The van der Waals surface area contributed by atoms with Crippen molar-refractivity contribution in [3.05, 3.63) is 0 Å². The highest BCUT2D eigenvalue weighted by atomic mass is 16.4. The van der Waals surface area contributed by atoms with E-state index < -0.39 is 23.9 Å². The van der Waals surface area contributed by atoms with E-state index in [0.717, 1.165) is 0 Å². The molecule has 15 heavy (non-hydrogen) atoms. The molecule has 1 heterocycles. The van der Waals surface area contributed by atoms with Gasteiger partial charge in [-0.2, -0.15) is 0 Å². The van der Waals surface area contributed by atoms with Crippen LogP contribution < -0.4 is 0 Å². The number of carboxylic acids is 1. The maximum Gasteiger partial charge on any atom is 0.315 e. The van der Waals surface area contributed by atoms with E-state index in [1.54, 1.807) is 0 Å². The minimum Gasteiger partial charge on any atom is -0.481 e. The molecule has 0 spiro atoms. The van der Waals surface area contributed by atoms with Crippen LogP contribution in [0.1, 0.15) is 20.8 Å². The molecular formula is C10H17NO4. The van der Waals surface area contributed by atoms with Crippen molar-refractivity contribution in [2.24, 2.45) is 11.3 Å². The lowest BCUT2D eigenvalue weighted by atomic mass is 9.90. The van der Waals surface area contributed by atoms with Crippen LogP contribution in [-0.2, 0) is 9.59 Å². The van der Waals surface area contributed by atoms with E-state index in [2.05, 4.69) is 0 Å². The van der Waals surface area contributed by atoms with Crippen LogP contribution in [0, 0.1) is 11.3 Å². The summed E-state index contributed by atoms with van der Waals surface area (Å²) in [5.41, 5.74) is -0.353. The lowest BCUT2D eigenvalue weighted by molar-refractivity contribution is -0.150. The Balaban J connectivity index is 2.69. The van der Waals surface area contributed by atoms with Crippen LogP contribution in [-0.4, -0.2) is 46.2 Å². The maximum atomic E-state index is 11.7. The molecule has 1 aliphatic rings. The Hall–Kier alpha value is -1.10. The second-order valence-electron chi connectivity index (χ2n) is 4.78. The summed E-state index contributed by atoms with van der Waals surface area (Å²) in [4.78, 5) is 23.7. The predicted molar refractivity (Wildman–Crippen MR) is 53.2 cm³/mol. The van der Waals surface area contributed by atoms with Gasteiger partial charge >= 0.3 is 5.97 Å². The Morgan fingerprint density at radius 1 is 1.47 bits per heavy atom. The summed E-state index contributed by atoms with van der Waals surface area (Å²) < 4.78 is 0. The van der Waals surface area contributed by atoms with Crippen molar-refractivity contribution in [1.29, 1.82) is 0 Å². The van der Waals surface area contributed by atoms with Crippen molar-refractivity contribution < 1.29 is 19.8 Å². The van der Waals surface area contributed by atoms with Gasteiger partial charge in [0, 0.05) is 18.5 Å². The molecule has 0 bridgehead atoms. The molecule has 0 aliphatic carbocycles. The zero-order chi connectivity index (χ0) is 11.8. The lowest BCUT2D eigenvalue weighted by Gasteiger charge is -2.21.